The van der Waals surface area contributed by atoms with Crippen LogP contribution in [0.2, 0.25) is 0 Å². The molecule has 0 aliphatic heterocycles. The van der Waals surface area contributed by atoms with E-state index in [1.807, 2.05) is 31.4 Å². The fraction of sp³-hybridized carbons (Fsp3) is 0.353. The molecule has 5 nitrogen and oxygen atoms in total. The number of ketones is 1. The van der Waals surface area contributed by atoms with Gasteiger partial charge in [-0.05, 0) is 37.8 Å². The SMILES string of the molecule is CCCn1c(C)cc(C(=O)Cn2cnc3ccsc3c2=O)c1C. The van der Waals surface area contributed by atoms with Gasteiger partial charge in [-0.25, -0.2) is 4.98 Å². The highest BCUT2D eigenvalue weighted by Crippen LogP contribution is 2.17. The van der Waals surface area contributed by atoms with Gasteiger partial charge in [0, 0.05) is 23.5 Å². The quantitative estimate of drug-likeness (QED) is 0.676. The summed E-state index contributed by atoms with van der Waals surface area (Å²) in [7, 11) is 0. The number of hydrogen-bond acceptors (Lipinski definition) is 4. The van der Waals surface area contributed by atoms with Crippen molar-refractivity contribution in [1.82, 2.24) is 14.1 Å². The smallest absolute Gasteiger partial charge is 0.271 e. The summed E-state index contributed by atoms with van der Waals surface area (Å²) in [5.74, 6) is -0.0553. The van der Waals surface area contributed by atoms with Gasteiger partial charge in [0.15, 0.2) is 5.78 Å². The van der Waals surface area contributed by atoms with Crippen LogP contribution >= 0.6 is 11.3 Å². The van der Waals surface area contributed by atoms with E-state index in [0.717, 1.165) is 24.4 Å². The second-order valence-corrected chi connectivity index (χ2v) is 6.59. The van der Waals surface area contributed by atoms with Crippen LogP contribution in [0.25, 0.3) is 10.2 Å². The van der Waals surface area contributed by atoms with Crippen LogP contribution in [0.3, 0.4) is 0 Å². The van der Waals surface area contributed by atoms with Crippen LogP contribution in [0.5, 0.6) is 0 Å². The van der Waals surface area contributed by atoms with Crippen LogP contribution in [0, 0.1) is 13.8 Å². The predicted molar refractivity (Wildman–Crippen MR) is 92.4 cm³/mol. The minimum atomic E-state index is -0.152. The predicted octanol–water partition coefficient (Wildman–Crippen LogP) is 3.17. The fourth-order valence-electron chi connectivity index (χ4n) is 2.88. The Hall–Kier alpha value is -2.21. The van der Waals surface area contributed by atoms with E-state index in [4.69, 9.17) is 0 Å². The number of carbonyl (C=O) groups is 1. The minimum Gasteiger partial charge on any atom is -0.348 e. The maximum Gasteiger partial charge on any atom is 0.271 e. The van der Waals surface area contributed by atoms with Crippen molar-refractivity contribution in [1.29, 1.82) is 0 Å². The normalized spacial score (nSPS) is 11.3. The summed E-state index contributed by atoms with van der Waals surface area (Å²) in [5.41, 5.74) is 3.26. The molecule has 3 aromatic rings. The molecule has 0 unspecified atom stereocenters. The van der Waals surface area contributed by atoms with E-state index in [2.05, 4.69) is 16.5 Å². The van der Waals surface area contributed by atoms with Crippen LogP contribution in [0.1, 0.15) is 35.1 Å². The van der Waals surface area contributed by atoms with Crippen LogP contribution < -0.4 is 5.56 Å². The van der Waals surface area contributed by atoms with E-state index >= 15 is 0 Å². The molecule has 0 bridgehead atoms. The molecule has 3 heterocycles. The molecule has 3 rings (SSSR count). The number of rotatable bonds is 5. The van der Waals surface area contributed by atoms with Crippen LogP contribution in [-0.2, 0) is 13.1 Å². The average Bonchev–Trinajstić information content (AvgIpc) is 3.10. The highest BCUT2D eigenvalue weighted by molar-refractivity contribution is 7.17. The number of nitrogens with zero attached hydrogens (tertiary/aromatic N) is 3. The number of hydrogen-bond donors (Lipinski definition) is 0. The van der Waals surface area contributed by atoms with E-state index < -0.39 is 0 Å². The zero-order chi connectivity index (χ0) is 16.6. The van der Waals surface area contributed by atoms with Crippen molar-refractivity contribution >= 4 is 27.3 Å². The lowest BCUT2D eigenvalue weighted by Gasteiger charge is -2.08. The molecule has 0 atom stereocenters. The molecule has 0 aliphatic rings. The van der Waals surface area contributed by atoms with Crippen LogP contribution in [-0.4, -0.2) is 19.9 Å². The Morgan fingerprint density at radius 2 is 2.13 bits per heavy atom. The Morgan fingerprint density at radius 1 is 1.35 bits per heavy atom. The summed E-state index contributed by atoms with van der Waals surface area (Å²) in [6.07, 6.45) is 2.48. The Kier molecular flexibility index (Phi) is 4.17. The zero-order valence-corrected chi connectivity index (χ0v) is 14.3. The van der Waals surface area contributed by atoms with Crippen molar-refractivity contribution in [2.24, 2.45) is 0 Å². The maximum atomic E-state index is 12.6. The standard InChI is InChI=1S/C17H19N3O2S/c1-4-6-20-11(2)8-13(12(20)3)15(21)9-19-10-18-14-5-7-23-16(14)17(19)22/h5,7-8,10H,4,6,9H2,1-3H3. The van der Waals surface area contributed by atoms with Crippen molar-refractivity contribution in [3.8, 4) is 0 Å². The molecule has 0 saturated heterocycles. The average molecular weight is 329 g/mol. The van der Waals surface area contributed by atoms with Gasteiger partial charge >= 0.3 is 0 Å². The molecule has 0 amide bonds. The summed E-state index contributed by atoms with van der Waals surface area (Å²) < 4.78 is 4.14. The number of fused-ring (bicyclic) bond motifs is 1. The maximum absolute atomic E-state index is 12.6. The number of aromatic nitrogens is 3. The molecule has 0 aromatic carbocycles. The molecular weight excluding hydrogens is 310 g/mol. The van der Waals surface area contributed by atoms with Crippen LogP contribution in [0.15, 0.2) is 28.6 Å². The van der Waals surface area contributed by atoms with Gasteiger partial charge in [-0.2, -0.15) is 0 Å². The van der Waals surface area contributed by atoms with E-state index in [1.54, 1.807) is 0 Å². The molecule has 0 aliphatic carbocycles. The first-order chi connectivity index (χ1) is 11.0. The monoisotopic (exact) mass is 329 g/mol. The molecular formula is C17H19N3O2S. The molecule has 0 N–H and O–H groups in total. The largest absolute Gasteiger partial charge is 0.348 e. The lowest BCUT2D eigenvalue weighted by molar-refractivity contribution is 0.0970. The van der Waals surface area contributed by atoms with E-state index in [-0.39, 0.29) is 17.9 Å². The Morgan fingerprint density at radius 3 is 2.87 bits per heavy atom. The topological polar surface area (TPSA) is 56.9 Å². The van der Waals surface area contributed by atoms with Gasteiger partial charge in [-0.1, -0.05) is 6.92 Å². The highest BCUT2D eigenvalue weighted by Gasteiger charge is 2.17. The second-order valence-electron chi connectivity index (χ2n) is 5.67. The Bertz CT molecular complexity index is 933. The summed E-state index contributed by atoms with van der Waals surface area (Å²) >= 11 is 1.36. The third-order valence-electron chi connectivity index (χ3n) is 4.07. The highest BCUT2D eigenvalue weighted by atomic mass is 32.1. The van der Waals surface area contributed by atoms with Gasteiger partial charge < -0.3 is 4.57 Å². The molecule has 23 heavy (non-hydrogen) atoms. The first-order valence-corrected chi connectivity index (χ1v) is 8.53. The van der Waals surface area contributed by atoms with Crippen molar-refractivity contribution in [2.45, 2.75) is 40.3 Å². The summed E-state index contributed by atoms with van der Waals surface area (Å²) in [4.78, 5) is 29.3. The lowest BCUT2D eigenvalue weighted by Crippen LogP contribution is -2.24. The number of thiophene rings is 1. The van der Waals surface area contributed by atoms with E-state index in [0.29, 0.717) is 15.8 Å². The Labute approximate surface area is 138 Å². The van der Waals surface area contributed by atoms with Gasteiger partial charge in [0.1, 0.15) is 4.70 Å². The van der Waals surface area contributed by atoms with Crippen molar-refractivity contribution < 1.29 is 4.79 Å². The van der Waals surface area contributed by atoms with Gasteiger partial charge in [-0.3, -0.25) is 14.2 Å². The van der Waals surface area contributed by atoms with E-state index in [9.17, 15) is 9.59 Å². The van der Waals surface area contributed by atoms with Gasteiger partial charge in [0.2, 0.25) is 0 Å². The number of Topliss-reactive ketones (excluding diaryl/α,β-unsaturated/α-hetero) is 1. The summed E-state index contributed by atoms with van der Waals surface area (Å²) in [6, 6.07) is 3.72. The fourth-order valence-corrected chi connectivity index (χ4v) is 3.68. The molecule has 6 heteroatoms. The zero-order valence-electron chi connectivity index (χ0n) is 13.5. The van der Waals surface area contributed by atoms with Gasteiger partial charge in [0.25, 0.3) is 5.56 Å². The van der Waals surface area contributed by atoms with E-state index in [1.165, 1.54) is 22.2 Å². The summed E-state index contributed by atoms with van der Waals surface area (Å²) in [5, 5.41) is 1.84. The third-order valence-corrected chi connectivity index (χ3v) is 4.96. The van der Waals surface area contributed by atoms with Crippen molar-refractivity contribution in [2.75, 3.05) is 0 Å². The number of carbonyl (C=O) groups excluding carboxylic acids is 1. The molecule has 3 aromatic heterocycles. The van der Waals surface area contributed by atoms with Crippen LogP contribution in [0.4, 0.5) is 0 Å². The Balaban J connectivity index is 1.93. The molecule has 0 fully saturated rings. The first-order valence-electron chi connectivity index (χ1n) is 7.65. The molecule has 0 spiro atoms. The lowest BCUT2D eigenvalue weighted by atomic mass is 10.1. The first kappa shape index (κ1) is 15.7. The number of aryl methyl sites for hydroxylation is 1. The molecule has 0 saturated carbocycles. The second kappa shape index (κ2) is 6.12. The van der Waals surface area contributed by atoms with Crippen molar-refractivity contribution in [3.63, 3.8) is 0 Å². The molecule has 120 valence electrons. The minimum absolute atomic E-state index is 0.0239. The molecule has 0 radical (unpaired) electrons. The van der Waals surface area contributed by atoms with Gasteiger partial charge in [0.05, 0.1) is 18.4 Å². The summed E-state index contributed by atoms with van der Waals surface area (Å²) in [6.45, 7) is 7.00. The van der Waals surface area contributed by atoms with Crippen molar-refractivity contribution in [3.05, 3.63) is 51.1 Å². The van der Waals surface area contributed by atoms with Gasteiger partial charge in [-0.15, -0.1) is 11.3 Å². The third kappa shape index (κ3) is 2.74.